The van der Waals surface area contributed by atoms with Crippen LogP contribution in [0, 0.1) is 17.0 Å². The zero-order valence-corrected chi connectivity index (χ0v) is 11.3. The van der Waals surface area contributed by atoms with Crippen molar-refractivity contribution in [3.05, 3.63) is 33.9 Å². The first-order valence-electron chi connectivity index (χ1n) is 5.70. The average molecular weight is 267 g/mol. The van der Waals surface area contributed by atoms with Gasteiger partial charge < -0.3 is 4.74 Å². The molecule has 1 aromatic carbocycles. The van der Waals surface area contributed by atoms with Gasteiger partial charge in [0, 0.05) is 6.07 Å². The van der Waals surface area contributed by atoms with Gasteiger partial charge in [0.25, 0.3) is 5.69 Å². The van der Waals surface area contributed by atoms with Gasteiger partial charge in [-0.25, -0.2) is 10.2 Å². The van der Waals surface area contributed by atoms with Gasteiger partial charge in [0.1, 0.15) is 11.3 Å². The maximum atomic E-state index is 11.5. The Hall–Kier alpha value is -2.31. The monoisotopic (exact) mass is 267 g/mol. The predicted octanol–water partition coefficient (Wildman–Crippen LogP) is 2.75. The number of ether oxygens (including phenoxy) is 1. The fourth-order valence-corrected chi connectivity index (χ4v) is 1.38. The number of anilines is 1. The number of nitro benzene ring substituents is 1. The molecular formula is C12H17N3O4. The molecule has 0 bridgehead atoms. The van der Waals surface area contributed by atoms with Crippen LogP contribution < -0.4 is 10.9 Å². The van der Waals surface area contributed by atoms with Crippen molar-refractivity contribution in [2.45, 2.75) is 33.3 Å². The Balaban J connectivity index is 2.78. The van der Waals surface area contributed by atoms with Crippen molar-refractivity contribution in [3.8, 4) is 0 Å². The van der Waals surface area contributed by atoms with Crippen LogP contribution in [0.5, 0.6) is 0 Å². The van der Waals surface area contributed by atoms with Gasteiger partial charge in [0.2, 0.25) is 0 Å². The van der Waals surface area contributed by atoms with Crippen LogP contribution in [0.25, 0.3) is 0 Å². The molecule has 7 heteroatoms. The second-order valence-corrected chi connectivity index (χ2v) is 4.98. The summed E-state index contributed by atoms with van der Waals surface area (Å²) >= 11 is 0. The Kier molecular flexibility index (Phi) is 4.31. The van der Waals surface area contributed by atoms with E-state index in [2.05, 4.69) is 10.9 Å². The molecule has 0 radical (unpaired) electrons. The van der Waals surface area contributed by atoms with Crippen LogP contribution in [0.2, 0.25) is 0 Å². The lowest BCUT2D eigenvalue weighted by Crippen LogP contribution is -2.36. The lowest BCUT2D eigenvalue weighted by molar-refractivity contribution is -0.384. The van der Waals surface area contributed by atoms with Crippen molar-refractivity contribution in [3.63, 3.8) is 0 Å². The van der Waals surface area contributed by atoms with Gasteiger partial charge in [0.15, 0.2) is 0 Å². The molecule has 1 amide bonds. The molecule has 2 N–H and O–H groups in total. The van der Waals surface area contributed by atoms with Gasteiger partial charge in [0.05, 0.1) is 4.92 Å². The Morgan fingerprint density at radius 3 is 2.53 bits per heavy atom. The number of benzene rings is 1. The largest absolute Gasteiger partial charge is 0.443 e. The zero-order chi connectivity index (χ0) is 14.6. The number of nitro groups is 1. The van der Waals surface area contributed by atoms with Crippen LogP contribution in [0.1, 0.15) is 26.3 Å². The number of carbonyl (C=O) groups excluding carboxylic acids is 1. The van der Waals surface area contributed by atoms with Gasteiger partial charge in [-0.1, -0.05) is 12.1 Å². The first-order valence-corrected chi connectivity index (χ1v) is 5.70. The van der Waals surface area contributed by atoms with E-state index < -0.39 is 16.6 Å². The number of nitrogens with one attached hydrogen (secondary N) is 2. The van der Waals surface area contributed by atoms with Crippen LogP contribution in [0.3, 0.4) is 0 Å². The van der Waals surface area contributed by atoms with Crippen molar-refractivity contribution in [2.24, 2.45) is 0 Å². The molecule has 0 saturated carbocycles. The summed E-state index contributed by atoms with van der Waals surface area (Å²) in [6, 6.07) is 4.63. The number of aryl methyl sites for hydroxylation is 1. The SMILES string of the molecule is Cc1cccc([N+](=O)[O-])c1NNC(=O)OC(C)(C)C. The molecule has 0 aliphatic carbocycles. The molecule has 0 atom stereocenters. The molecule has 0 saturated heterocycles. The standard InChI is InChI=1S/C12H17N3O4/c1-8-6-5-7-9(15(17)18)10(8)13-14-11(16)19-12(2,3)4/h5-7,13H,1-4H3,(H,14,16). The third-order valence-electron chi connectivity index (χ3n) is 2.14. The van der Waals surface area contributed by atoms with Gasteiger partial charge in [-0.05, 0) is 33.3 Å². The summed E-state index contributed by atoms with van der Waals surface area (Å²) in [5, 5.41) is 10.9. The molecule has 7 nitrogen and oxygen atoms in total. The Bertz CT molecular complexity index is 494. The molecule has 1 rings (SSSR count). The van der Waals surface area contributed by atoms with E-state index in [9.17, 15) is 14.9 Å². The second-order valence-electron chi connectivity index (χ2n) is 4.98. The lowest BCUT2D eigenvalue weighted by Gasteiger charge is -2.20. The number of hydrazine groups is 1. The number of hydrogen-bond donors (Lipinski definition) is 2. The van der Waals surface area contributed by atoms with Crippen LogP contribution in [0.4, 0.5) is 16.2 Å². The number of para-hydroxylation sites is 1. The highest BCUT2D eigenvalue weighted by atomic mass is 16.6. The number of rotatable bonds is 3. The van der Waals surface area contributed by atoms with E-state index in [4.69, 9.17) is 4.74 Å². The quantitative estimate of drug-likeness (QED) is 0.648. The first kappa shape index (κ1) is 14.7. The first-order chi connectivity index (χ1) is 8.70. The number of amides is 1. The fourth-order valence-electron chi connectivity index (χ4n) is 1.38. The highest BCUT2D eigenvalue weighted by molar-refractivity contribution is 5.73. The van der Waals surface area contributed by atoms with Gasteiger partial charge >= 0.3 is 6.09 Å². The highest BCUT2D eigenvalue weighted by Crippen LogP contribution is 2.26. The summed E-state index contributed by atoms with van der Waals surface area (Å²) in [7, 11) is 0. The molecule has 104 valence electrons. The maximum absolute atomic E-state index is 11.5. The third-order valence-corrected chi connectivity index (χ3v) is 2.14. The number of hydrogen-bond acceptors (Lipinski definition) is 5. The molecular weight excluding hydrogens is 250 g/mol. The topological polar surface area (TPSA) is 93.5 Å². The van der Waals surface area contributed by atoms with Crippen molar-refractivity contribution in [2.75, 3.05) is 5.43 Å². The normalized spacial score (nSPS) is 10.7. The highest BCUT2D eigenvalue weighted by Gasteiger charge is 2.19. The number of nitrogens with zero attached hydrogens (tertiary/aromatic N) is 1. The van der Waals surface area contributed by atoms with Crippen LogP contribution in [0.15, 0.2) is 18.2 Å². The van der Waals surface area contributed by atoms with E-state index in [1.807, 2.05) is 0 Å². The van der Waals surface area contributed by atoms with Crippen molar-refractivity contribution < 1.29 is 14.5 Å². The maximum Gasteiger partial charge on any atom is 0.426 e. The van der Waals surface area contributed by atoms with Gasteiger partial charge in [-0.2, -0.15) is 0 Å². The van der Waals surface area contributed by atoms with E-state index in [0.29, 0.717) is 5.56 Å². The minimum Gasteiger partial charge on any atom is -0.443 e. The molecule has 0 heterocycles. The van der Waals surface area contributed by atoms with Gasteiger partial charge in [-0.3, -0.25) is 15.5 Å². The minimum absolute atomic E-state index is 0.115. The van der Waals surface area contributed by atoms with Crippen LogP contribution in [-0.2, 0) is 4.74 Å². The molecule has 1 aromatic rings. The predicted molar refractivity (Wildman–Crippen MR) is 70.8 cm³/mol. The molecule has 0 fully saturated rings. The average Bonchev–Trinajstić information content (AvgIpc) is 2.24. The summed E-state index contributed by atoms with van der Waals surface area (Å²) in [6.07, 6.45) is -0.704. The molecule has 19 heavy (non-hydrogen) atoms. The Morgan fingerprint density at radius 1 is 1.37 bits per heavy atom. The second kappa shape index (κ2) is 5.55. The van der Waals surface area contributed by atoms with E-state index >= 15 is 0 Å². The number of carbonyl (C=O) groups is 1. The summed E-state index contributed by atoms with van der Waals surface area (Å²) in [5.41, 5.74) is 4.92. The summed E-state index contributed by atoms with van der Waals surface area (Å²) in [4.78, 5) is 21.8. The zero-order valence-electron chi connectivity index (χ0n) is 11.3. The molecule has 0 aliphatic heterocycles. The molecule has 0 unspecified atom stereocenters. The molecule has 0 aliphatic rings. The summed E-state index contributed by atoms with van der Waals surface area (Å²) < 4.78 is 5.02. The third kappa shape index (κ3) is 4.46. The Labute approximate surface area is 111 Å². The van der Waals surface area contributed by atoms with E-state index in [1.54, 1.807) is 39.8 Å². The minimum atomic E-state index is -0.704. The van der Waals surface area contributed by atoms with Crippen molar-refractivity contribution >= 4 is 17.5 Å². The van der Waals surface area contributed by atoms with E-state index in [1.165, 1.54) is 6.07 Å². The van der Waals surface area contributed by atoms with Crippen LogP contribution in [-0.4, -0.2) is 16.6 Å². The van der Waals surface area contributed by atoms with E-state index in [0.717, 1.165) is 0 Å². The van der Waals surface area contributed by atoms with Gasteiger partial charge in [-0.15, -0.1) is 0 Å². The summed E-state index contributed by atoms with van der Waals surface area (Å²) in [5.74, 6) is 0. The molecule has 0 spiro atoms. The van der Waals surface area contributed by atoms with Crippen LogP contribution >= 0.6 is 0 Å². The lowest BCUT2D eigenvalue weighted by atomic mass is 10.2. The molecule has 0 aromatic heterocycles. The fraction of sp³-hybridized carbons (Fsp3) is 0.417. The Morgan fingerprint density at radius 2 is 2.00 bits per heavy atom. The van der Waals surface area contributed by atoms with Crippen molar-refractivity contribution in [1.29, 1.82) is 0 Å². The van der Waals surface area contributed by atoms with Crippen molar-refractivity contribution in [1.82, 2.24) is 5.43 Å². The smallest absolute Gasteiger partial charge is 0.426 e. The summed E-state index contributed by atoms with van der Waals surface area (Å²) in [6.45, 7) is 6.88. The van der Waals surface area contributed by atoms with E-state index in [-0.39, 0.29) is 11.4 Å².